The minimum absolute atomic E-state index is 0.0419. The van der Waals surface area contributed by atoms with Crippen molar-refractivity contribution in [1.82, 2.24) is 0 Å². The third-order valence-electron chi connectivity index (χ3n) is 5.37. The fourth-order valence-electron chi connectivity index (χ4n) is 3.56. The number of hydrogen-bond acceptors (Lipinski definition) is 6. The van der Waals surface area contributed by atoms with Gasteiger partial charge in [-0.1, -0.05) is 60.2 Å². The Balaban J connectivity index is 2.01. The van der Waals surface area contributed by atoms with Gasteiger partial charge in [0.2, 0.25) is 5.78 Å². The number of anilines is 1. The maximum Gasteiger partial charge on any atom is 0.204 e. The van der Waals surface area contributed by atoms with Crippen LogP contribution in [0.2, 0.25) is 0 Å². The molecule has 2 atom stereocenters. The van der Waals surface area contributed by atoms with Crippen LogP contribution < -0.4 is 14.8 Å². The smallest absolute Gasteiger partial charge is 0.204 e. The standard InChI is InChI=1S/C27H29N3O3/c1-18-10-12-20(13-11-18)26(30-21-14-22(32-3)16-23(15-21)33-4)27(31)25(28)24(17-29-2)19-8-6-5-7-9-19/h5-17,24,26,28,30H,1-4H3. The summed E-state index contributed by atoms with van der Waals surface area (Å²) in [5, 5.41) is 12.1. The molecule has 3 aromatic carbocycles. The van der Waals surface area contributed by atoms with E-state index in [-0.39, 0.29) is 11.5 Å². The molecule has 2 N–H and O–H groups in total. The molecule has 0 amide bonds. The maximum atomic E-state index is 13.7. The second-order valence-electron chi connectivity index (χ2n) is 7.66. The fourth-order valence-corrected chi connectivity index (χ4v) is 3.56. The van der Waals surface area contributed by atoms with Gasteiger partial charge in [0.1, 0.15) is 17.5 Å². The van der Waals surface area contributed by atoms with Crippen LogP contribution in [0.4, 0.5) is 5.69 Å². The molecule has 0 radical (unpaired) electrons. The molecule has 170 valence electrons. The van der Waals surface area contributed by atoms with Crippen molar-refractivity contribution in [2.75, 3.05) is 26.6 Å². The summed E-state index contributed by atoms with van der Waals surface area (Å²) in [6.45, 7) is 1.99. The second-order valence-corrected chi connectivity index (χ2v) is 7.66. The van der Waals surface area contributed by atoms with Crippen molar-refractivity contribution < 1.29 is 14.3 Å². The number of ether oxygens (including phenoxy) is 2. The summed E-state index contributed by atoms with van der Waals surface area (Å²) in [6, 6.07) is 21.8. The first kappa shape index (κ1) is 23.7. The Bertz CT molecular complexity index is 1100. The van der Waals surface area contributed by atoms with Gasteiger partial charge in [-0.05, 0) is 18.1 Å². The molecule has 0 aliphatic rings. The van der Waals surface area contributed by atoms with Gasteiger partial charge in [-0.25, -0.2) is 0 Å². The lowest BCUT2D eigenvalue weighted by atomic mass is 9.88. The lowest BCUT2D eigenvalue weighted by Crippen LogP contribution is -2.32. The van der Waals surface area contributed by atoms with E-state index in [9.17, 15) is 4.79 Å². The van der Waals surface area contributed by atoms with Crippen LogP contribution in [0.3, 0.4) is 0 Å². The highest BCUT2D eigenvalue weighted by Crippen LogP contribution is 2.30. The molecule has 6 nitrogen and oxygen atoms in total. The third kappa shape index (κ3) is 5.86. The second kappa shape index (κ2) is 11.1. The highest BCUT2D eigenvalue weighted by atomic mass is 16.5. The van der Waals surface area contributed by atoms with Gasteiger partial charge in [-0.3, -0.25) is 9.79 Å². The quantitative estimate of drug-likeness (QED) is 0.420. The van der Waals surface area contributed by atoms with E-state index in [2.05, 4.69) is 10.3 Å². The number of aliphatic imine (C=N–C) groups is 1. The summed E-state index contributed by atoms with van der Waals surface area (Å²) in [6.07, 6.45) is 1.64. The Morgan fingerprint density at radius 1 is 0.939 bits per heavy atom. The molecule has 0 bridgehead atoms. The highest BCUT2D eigenvalue weighted by molar-refractivity contribution is 6.45. The molecule has 3 aromatic rings. The van der Waals surface area contributed by atoms with Crippen LogP contribution in [0.15, 0.2) is 77.8 Å². The van der Waals surface area contributed by atoms with E-state index in [4.69, 9.17) is 14.9 Å². The monoisotopic (exact) mass is 443 g/mol. The van der Waals surface area contributed by atoms with Gasteiger partial charge in [0.15, 0.2) is 0 Å². The van der Waals surface area contributed by atoms with E-state index >= 15 is 0 Å². The molecule has 33 heavy (non-hydrogen) atoms. The number of benzene rings is 3. The third-order valence-corrected chi connectivity index (χ3v) is 5.37. The predicted molar refractivity (Wildman–Crippen MR) is 133 cm³/mol. The Labute approximate surface area is 194 Å². The van der Waals surface area contributed by atoms with Crippen molar-refractivity contribution in [3.05, 3.63) is 89.5 Å². The molecule has 0 aromatic heterocycles. The Kier molecular flexibility index (Phi) is 7.97. The summed E-state index contributed by atoms with van der Waals surface area (Å²) in [7, 11) is 4.79. The summed E-state index contributed by atoms with van der Waals surface area (Å²) >= 11 is 0. The Hall–Kier alpha value is -3.93. The number of carbonyl (C=O) groups is 1. The average Bonchev–Trinajstić information content (AvgIpc) is 2.86. The summed E-state index contributed by atoms with van der Waals surface area (Å²) < 4.78 is 10.7. The molecule has 0 saturated carbocycles. The summed E-state index contributed by atoms with van der Waals surface area (Å²) in [4.78, 5) is 17.8. The molecule has 0 aliphatic heterocycles. The maximum absolute atomic E-state index is 13.7. The van der Waals surface area contributed by atoms with Crippen molar-refractivity contribution >= 4 is 23.4 Å². The number of nitrogens with zero attached hydrogens (tertiary/aromatic N) is 1. The van der Waals surface area contributed by atoms with Gasteiger partial charge in [-0.15, -0.1) is 0 Å². The number of rotatable bonds is 10. The molecule has 0 saturated heterocycles. The van der Waals surface area contributed by atoms with Crippen LogP contribution in [-0.2, 0) is 4.79 Å². The van der Waals surface area contributed by atoms with E-state index in [1.165, 1.54) is 0 Å². The highest BCUT2D eigenvalue weighted by Gasteiger charge is 2.29. The lowest BCUT2D eigenvalue weighted by molar-refractivity contribution is -0.113. The van der Waals surface area contributed by atoms with Crippen molar-refractivity contribution in [2.45, 2.75) is 18.9 Å². The molecule has 6 heteroatoms. The van der Waals surface area contributed by atoms with Crippen LogP contribution >= 0.6 is 0 Å². The van der Waals surface area contributed by atoms with Crippen LogP contribution in [0, 0.1) is 12.3 Å². The molecule has 0 heterocycles. The minimum atomic E-state index is -0.772. The molecule has 0 aliphatic carbocycles. The van der Waals surface area contributed by atoms with Crippen molar-refractivity contribution in [3.8, 4) is 11.5 Å². The van der Waals surface area contributed by atoms with E-state index in [1.54, 1.807) is 45.7 Å². The van der Waals surface area contributed by atoms with Gasteiger partial charge < -0.3 is 20.2 Å². The zero-order chi connectivity index (χ0) is 23.8. The summed E-state index contributed by atoms with van der Waals surface area (Å²) in [5.74, 6) is 0.317. The first-order valence-electron chi connectivity index (χ1n) is 10.6. The number of nitrogens with one attached hydrogen (secondary N) is 2. The average molecular weight is 444 g/mol. The van der Waals surface area contributed by atoms with Gasteiger partial charge in [-0.2, -0.15) is 0 Å². The van der Waals surface area contributed by atoms with E-state index < -0.39 is 12.0 Å². The van der Waals surface area contributed by atoms with E-state index in [0.717, 1.165) is 16.7 Å². The van der Waals surface area contributed by atoms with Gasteiger partial charge in [0.05, 0.1) is 25.8 Å². The number of ketones is 1. The Morgan fingerprint density at radius 2 is 1.55 bits per heavy atom. The molecule has 0 spiro atoms. The Morgan fingerprint density at radius 3 is 2.09 bits per heavy atom. The molecule has 0 fully saturated rings. The molecular weight excluding hydrogens is 414 g/mol. The lowest BCUT2D eigenvalue weighted by Gasteiger charge is -2.23. The number of Topliss-reactive ketones (excluding diaryl/α,β-unsaturated/α-hetero) is 1. The zero-order valence-electron chi connectivity index (χ0n) is 19.3. The predicted octanol–water partition coefficient (Wildman–Crippen LogP) is 5.24. The minimum Gasteiger partial charge on any atom is -0.497 e. The van der Waals surface area contributed by atoms with Crippen molar-refractivity contribution in [2.24, 2.45) is 4.99 Å². The summed E-state index contributed by atoms with van der Waals surface area (Å²) in [5.41, 5.74) is 3.30. The topological polar surface area (TPSA) is 83.8 Å². The van der Waals surface area contributed by atoms with Gasteiger partial charge in [0.25, 0.3) is 0 Å². The zero-order valence-corrected chi connectivity index (χ0v) is 19.3. The van der Waals surface area contributed by atoms with Crippen molar-refractivity contribution in [3.63, 3.8) is 0 Å². The van der Waals surface area contributed by atoms with E-state index in [0.29, 0.717) is 17.2 Å². The van der Waals surface area contributed by atoms with Gasteiger partial charge >= 0.3 is 0 Å². The van der Waals surface area contributed by atoms with Crippen LogP contribution in [0.1, 0.15) is 28.7 Å². The molecular formula is C27H29N3O3. The van der Waals surface area contributed by atoms with Gasteiger partial charge in [0, 0.05) is 37.1 Å². The number of aryl methyl sites for hydroxylation is 1. The number of carbonyl (C=O) groups excluding carboxylic acids is 1. The normalized spacial score (nSPS) is 12.7. The first-order valence-corrected chi connectivity index (χ1v) is 10.6. The first-order chi connectivity index (χ1) is 16.0. The largest absolute Gasteiger partial charge is 0.497 e. The number of methoxy groups -OCH3 is 2. The van der Waals surface area contributed by atoms with Crippen LogP contribution in [-0.4, -0.2) is 39.0 Å². The molecule has 3 rings (SSSR count). The van der Waals surface area contributed by atoms with Crippen LogP contribution in [0.5, 0.6) is 11.5 Å². The molecule has 2 unspecified atom stereocenters. The van der Waals surface area contributed by atoms with Crippen LogP contribution in [0.25, 0.3) is 0 Å². The fraction of sp³-hybridized carbons (Fsp3) is 0.222. The number of hydrogen-bond donors (Lipinski definition) is 2. The van der Waals surface area contributed by atoms with Crippen molar-refractivity contribution in [1.29, 1.82) is 5.41 Å². The SMILES string of the molecule is CN=CC(C(=N)C(=O)C(Nc1cc(OC)cc(OC)c1)c1ccc(C)cc1)c1ccccc1. The van der Waals surface area contributed by atoms with E-state index in [1.807, 2.05) is 61.5 Å².